The zero-order chi connectivity index (χ0) is 35.8. The van der Waals surface area contributed by atoms with Gasteiger partial charge in [0, 0.05) is 30.3 Å². The van der Waals surface area contributed by atoms with Crippen LogP contribution in [0.25, 0.3) is 0 Å². The van der Waals surface area contributed by atoms with Crippen molar-refractivity contribution in [2.75, 3.05) is 16.8 Å². The smallest absolute Gasteiger partial charge is 0.481 e. The lowest BCUT2D eigenvalue weighted by Crippen LogP contribution is -2.39. The van der Waals surface area contributed by atoms with Crippen LogP contribution in [0.5, 0.6) is 0 Å². The minimum absolute atomic E-state index is 0.0171. The van der Waals surface area contributed by atoms with Crippen LogP contribution in [-0.4, -0.2) is 46.9 Å². The minimum atomic E-state index is -5.16. The third-order valence-electron chi connectivity index (χ3n) is 8.57. The van der Waals surface area contributed by atoms with Crippen LogP contribution < -0.4 is 10.2 Å². The number of halogens is 9. The van der Waals surface area contributed by atoms with E-state index in [0.717, 1.165) is 17.0 Å². The maximum atomic E-state index is 13.7. The highest BCUT2D eigenvalue weighted by Gasteiger charge is 2.44. The van der Waals surface area contributed by atoms with Crippen LogP contribution in [0.4, 0.5) is 55.7 Å². The normalized spacial score (nSPS) is 22.0. The fourth-order valence-corrected chi connectivity index (χ4v) is 6.23. The minimum Gasteiger partial charge on any atom is -0.481 e. The lowest BCUT2D eigenvalue weighted by Gasteiger charge is -2.33. The third kappa shape index (κ3) is 8.64. The highest BCUT2D eigenvalue weighted by Crippen LogP contribution is 2.42. The predicted molar refractivity (Wildman–Crippen MR) is 153 cm³/mol. The van der Waals surface area contributed by atoms with Crippen LogP contribution in [-0.2, 0) is 33.2 Å². The van der Waals surface area contributed by atoms with Crippen LogP contribution in [0, 0.1) is 11.8 Å². The van der Waals surface area contributed by atoms with Gasteiger partial charge in [-0.2, -0.15) is 39.5 Å². The molecule has 1 aliphatic heterocycles. The summed E-state index contributed by atoms with van der Waals surface area (Å²) in [7, 11) is 0. The second-order valence-electron chi connectivity index (χ2n) is 11.9. The molecule has 0 unspecified atom stereocenters. The highest BCUT2D eigenvalue weighted by molar-refractivity contribution is 5.96. The average Bonchev–Trinajstić information content (AvgIpc) is 3.25. The molecule has 2 amide bonds. The van der Waals surface area contributed by atoms with Gasteiger partial charge in [-0.3, -0.25) is 19.8 Å². The van der Waals surface area contributed by atoms with Crippen molar-refractivity contribution in [1.82, 2.24) is 4.90 Å². The molecule has 2 aromatic carbocycles. The lowest BCUT2D eigenvalue weighted by atomic mass is 9.80. The molecule has 264 valence electrons. The fourth-order valence-electron chi connectivity index (χ4n) is 6.23. The van der Waals surface area contributed by atoms with Gasteiger partial charge in [0.15, 0.2) is 0 Å². The van der Waals surface area contributed by atoms with Crippen molar-refractivity contribution in [3.8, 4) is 0 Å². The first-order valence-corrected chi connectivity index (χ1v) is 15.0. The van der Waals surface area contributed by atoms with Crippen molar-refractivity contribution in [2.45, 2.75) is 83.3 Å². The average molecular weight is 698 g/mol. The van der Waals surface area contributed by atoms with Crippen LogP contribution in [0.15, 0.2) is 36.4 Å². The molecule has 2 aliphatic rings. The van der Waals surface area contributed by atoms with Gasteiger partial charge < -0.3 is 14.7 Å². The number of hydrogen-bond donors (Lipinski definition) is 2. The number of rotatable bonds is 9. The summed E-state index contributed by atoms with van der Waals surface area (Å²) in [4.78, 5) is 40.1. The van der Waals surface area contributed by atoms with Crippen LogP contribution in [0.1, 0.15) is 74.3 Å². The topological polar surface area (TPSA) is 99.2 Å². The van der Waals surface area contributed by atoms with Gasteiger partial charge in [0.25, 0.3) is 0 Å². The molecule has 0 spiro atoms. The van der Waals surface area contributed by atoms with Crippen molar-refractivity contribution in [3.63, 3.8) is 0 Å². The summed E-state index contributed by atoms with van der Waals surface area (Å²) in [5, 5.41) is 10.4. The number of carboxylic acids is 1. The second-order valence-corrected chi connectivity index (χ2v) is 11.9. The van der Waals surface area contributed by atoms with Crippen molar-refractivity contribution in [1.29, 1.82) is 0 Å². The summed E-state index contributed by atoms with van der Waals surface area (Å²) >= 11 is 0. The van der Waals surface area contributed by atoms with E-state index in [1.165, 1.54) is 23.2 Å². The van der Waals surface area contributed by atoms with Crippen molar-refractivity contribution >= 4 is 29.3 Å². The molecule has 2 aromatic rings. The Balaban J connectivity index is 1.67. The summed E-state index contributed by atoms with van der Waals surface area (Å²) in [6.07, 6.45) is -16.3. The Hall–Kier alpha value is -4.18. The molecule has 1 heterocycles. The molecular formula is C31H32F9N3O5. The molecule has 0 radical (unpaired) electrons. The van der Waals surface area contributed by atoms with E-state index in [4.69, 9.17) is 9.84 Å². The summed E-state index contributed by atoms with van der Waals surface area (Å²) in [5.41, 5.74) is -4.12. The molecule has 8 nitrogen and oxygen atoms in total. The predicted octanol–water partition coefficient (Wildman–Crippen LogP) is 8.37. The van der Waals surface area contributed by atoms with Gasteiger partial charge in [0.1, 0.15) is 6.10 Å². The summed E-state index contributed by atoms with van der Waals surface area (Å²) in [6.45, 7) is 2.46. The zero-order valence-electron chi connectivity index (χ0n) is 25.6. The van der Waals surface area contributed by atoms with E-state index in [1.54, 1.807) is 6.92 Å². The SMILES string of the molecule is CCN(C(=O)C1CCC(CC(=O)O)CC1)c1ccc(NC(F)(F)F)cc1CN1C(=O)O[C@H](c2cc(C(F)(F)F)cc(C(F)(F)F)c2)[C@@H]1C. The van der Waals surface area contributed by atoms with Crippen molar-refractivity contribution < 1.29 is 63.7 Å². The van der Waals surface area contributed by atoms with Crippen molar-refractivity contribution in [3.05, 3.63) is 58.7 Å². The van der Waals surface area contributed by atoms with Crippen LogP contribution in [0.2, 0.25) is 0 Å². The van der Waals surface area contributed by atoms with E-state index in [1.807, 2.05) is 0 Å². The first kappa shape index (κ1) is 36.7. The van der Waals surface area contributed by atoms with Crippen LogP contribution in [0.3, 0.4) is 0 Å². The number of alkyl halides is 9. The van der Waals surface area contributed by atoms with E-state index in [0.29, 0.717) is 37.8 Å². The number of cyclic esters (lactones) is 1. The molecule has 0 bridgehead atoms. The highest BCUT2D eigenvalue weighted by atomic mass is 19.4. The Kier molecular flexibility index (Phi) is 10.5. The van der Waals surface area contributed by atoms with E-state index < -0.39 is 77.7 Å². The first-order valence-electron chi connectivity index (χ1n) is 15.0. The number of amides is 2. The molecule has 2 atom stereocenters. The molecule has 17 heteroatoms. The number of nitrogens with one attached hydrogen (secondary N) is 1. The van der Waals surface area contributed by atoms with Gasteiger partial charge in [0.05, 0.1) is 23.7 Å². The number of aliphatic carboxylic acids is 1. The number of anilines is 2. The van der Waals surface area contributed by atoms with Gasteiger partial charge >= 0.3 is 30.7 Å². The molecule has 48 heavy (non-hydrogen) atoms. The summed E-state index contributed by atoms with van der Waals surface area (Å²) < 4.78 is 126. The standard InChI is InChI=1S/C31H32F9N3O5/c1-3-42(27(46)18-6-4-17(5-7-18)10-25(44)45)24-9-8-23(41-31(38,39)40)13-20(24)15-43-16(2)26(48-28(43)47)19-11-21(29(32,33)34)14-22(12-19)30(35,36)37/h8-9,11-14,16-18,26,41H,3-7,10,15H2,1-2H3,(H,44,45)/t16-,17?,18?,26-/m0/s1. The van der Waals surface area contributed by atoms with E-state index in [9.17, 15) is 53.9 Å². The third-order valence-corrected chi connectivity index (χ3v) is 8.57. The number of carbonyl (C=O) groups excluding carboxylic acids is 2. The number of benzene rings is 2. The Labute approximate surface area is 268 Å². The number of nitrogens with zero attached hydrogens (tertiary/aromatic N) is 2. The van der Waals surface area contributed by atoms with Gasteiger partial charge in [0.2, 0.25) is 5.91 Å². The van der Waals surface area contributed by atoms with Gasteiger partial charge in [-0.1, -0.05) is 0 Å². The Morgan fingerprint density at radius 3 is 2.02 bits per heavy atom. The van der Waals surface area contributed by atoms with E-state index >= 15 is 0 Å². The second kappa shape index (κ2) is 13.7. The van der Waals surface area contributed by atoms with Crippen LogP contribution >= 0.6 is 0 Å². The summed E-state index contributed by atoms with van der Waals surface area (Å²) in [6, 6.07) is 2.98. The van der Waals surface area contributed by atoms with E-state index in [2.05, 4.69) is 0 Å². The monoisotopic (exact) mass is 697 g/mol. The Morgan fingerprint density at radius 1 is 0.938 bits per heavy atom. The van der Waals surface area contributed by atoms with Gasteiger partial charge in [-0.05, 0) is 93.0 Å². The fraction of sp³-hybridized carbons (Fsp3) is 0.516. The molecule has 2 N–H and O–H groups in total. The molecular weight excluding hydrogens is 665 g/mol. The number of carbonyl (C=O) groups is 3. The Morgan fingerprint density at radius 2 is 1.52 bits per heavy atom. The van der Waals surface area contributed by atoms with Gasteiger partial charge in [-0.15, -0.1) is 0 Å². The van der Waals surface area contributed by atoms with Gasteiger partial charge in [-0.25, -0.2) is 4.79 Å². The number of hydrogen-bond acceptors (Lipinski definition) is 5. The molecule has 1 aliphatic carbocycles. The quantitative estimate of drug-likeness (QED) is 0.202. The molecule has 4 rings (SSSR count). The largest absolute Gasteiger partial charge is 0.482 e. The Bertz CT molecular complexity index is 1490. The summed E-state index contributed by atoms with van der Waals surface area (Å²) in [5.74, 6) is -1.95. The molecule has 0 aromatic heterocycles. The zero-order valence-corrected chi connectivity index (χ0v) is 25.6. The van der Waals surface area contributed by atoms with Crippen molar-refractivity contribution in [2.24, 2.45) is 11.8 Å². The number of ether oxygens (including phenoxy) is 1. The van der Waals surface area contributed by atoms with E-state index in [-0.39, 0.29) is 42.1 Å². The lowest BCUT2D eigenvalue weighted by molar-refractivity contribution is -0.143. The molecule has 1 saturated heterocycles. The number of carboxylic acid groups (broad SMARTS) is 1. The molecule has 2 fully saturated rings. The first-order chi connectivity index (χ1) is 22.2. The molecule has 1 saturated carbocycles. The maximum Gasteiger partial charge on any atom is 0.482 e. The maximum absolute atomic E-state index is 13.7.